The van der Waals surface area contributed by atoms with E-state index in [1.807, 2.05) is 21.1 Å². The van der Waals surface area contributed by atoms with Gasteiger partial charge in [0.15, 0.2) is 6.10 Å². The third-order valence-corrected chi connectivity index (χ3v) is 1.74. The zero-order valence-electron chi connectivity index (χ0n) is 10.3. The van der Waals surface area contributed by atoms with Gasteiger partial charge in [-0.05, 0) is 6.92 Å². The van der Waals surface area contributed by atoms with Gasteiger partial charge in [0.1, 0.15) is 6.54 Å². The molecule has 0 saturated heterocycles. The van der Waals surface area contributed by atoms with Gasteiger partial charge in [0.05, 0.1) is 27.6 Å². The Bertz CT molecular complexity index is 278. The predicted octanol–water partition coefficient (Wildman–Crippen LogP) is 0.655. The summed E-state index contributed by atoms with van der Waals surface area (Å²) < 4.78 is 5.60. The van der Waals surface area contributed by atoms with Gasteiger partial charge >= 0.3 is 11.9 Å². The van der Waals surface area contributed by atoms with Crippen LogP contribution in [0, 0.1) is 0 Å². The monoisotopic (exact) mass is 230 g/mol. The van der Waals surface area contributed by atoms with Gasteiger partial charge in [0.25, 0.3) is 0 Å². The molecule has 0 amide bonds. The summed E-state index contributed by atoms with van der Waals surface area (Å²) in [5, 5.41) is 8.71. The van der Waals surface area contributed by atoms with Crippen LogP contribution >= 0.6 is 0 Å². The van der Waals surface area contributed by atoms with E-state index in [0.717, 1.165) is 0 Å². The molecule has 0 unspecified atom stereocenters. The van der Waals surface area contributed by atoms with Crippen LogP contribution in [-0.4, -0.2) is 55.3 Å². The maximum Gasteiger partial charge on any atom is 0.330 e. The number of nitrogens with zero attached hydrogens (tertiary/aromatic N) is 1. The molecule has 0 spiro atoms. The van der Waals surface area contributed by atoms with Gasteiger partial charge in [-0.2, -0.15) is 0 Å². The van der Waals surface area contributed by atoms with E-state index in [1.165, 1.54) is 6.08 Å². The van der Waals surface area contributed by atoms with Crippen molar-refractivity contribution in [1.82, 2.24) is 0 Å². The fourth-order valence-electron chi connectivity index (χ4n) is 1.29. The number of carbonyl (C=O) groups is 2. The summed E-state index contributed by atoms with van der Waals surface area (Å²) in [6.07, 6.45) is 2.08. The Morgan fingerprint density at radius 1 is 1.38 bits per heavy atom. The van der Waals surface area contributed by atoms with Crippen LogP contribution in [0.3, 0.4) is 0 Å². The molecule has 0 radical (unpaired) electrons. The fourth-order valence-corrected chi connectivity index (χ4v) is 1.29. The lowest BCUT2D eigenvalue weighted by Gasteiger charge is -2.28. The Kier molecular flexibility index (Phi) is 5.74. The first-order valence-electron chi connectivity index (χ1n) is 5.10. The number of rotatable bonds is 6. The van der Waals surface area contributed by atoms with Gasteiger partial charge in [0, 0.05) is 6.08 Å². The number of quaternary nitrogens is 1. The third-order valence-electron chi connectivity index (χ3n) is 1.74. The molecule has 0 saturated carbocycles. The van der Waals surface area contributed by atoms with E-state index in [2.05, 4.69) is 0 Å². The first-order valence-corrected chi connectivity index (χ1v) is 5.10. The second-order valence-electron chi connectivity index (χ2n) is 4.63. The minimum atomic E-state index is -0.966. The molecular formula is C11H20NO4+. The number of allylic oxidation sites excluding steroid dienone is 1. The number of carbonyl (C=O) groups excluding carboxylic acids is 1. The molecule has 5 heteroatoms. The maximum atomic E-state index is 11.2. The van der Waals surface area contributed by atoms with Gasteiger partial charge in [-0.15, -0.1) is 0 Å². The van der Waals surface area contributed by atoms with Crippen molar-refractivity contribution in [1.29, 1.82) is 0 Å². The van der Waals surface area contributed by atoms with E-state index in [4.69, 9.17) is 9.84 Å². The highest BCUT2D eigenvalue weighted by Gasteiger charge is 2.23. The number of carboxylic acids is 1. The number of hydrogen-bond acceptors (Lipinski definition) is 3. The van der Waals surface area contributed by atoms with Crippen LogP contribution in [0.1, 0.15) is 13.3 Å². The lowest BCUT2D eigenvalue weighted by molar-refractivity contribution is -0.873. The lowest BCUT2D eigenvalue weighted by Crippen LogP contribution is -2.43. The van der Waals surface area contributed by atoms with Crippen LogP contribution in [0.15, 0.2) is 12.2 Å². The molecule has 0 aromatic carbocycles. The van der Waals surface area contributed by atoms with Gasteiger partial charge < -0.3 is 14.3 Å². The van der Waals surface area contributed by atoms with Gasteiger partial charge in [0.2, 0.25) is 0 Å². The average Bonchev–Trinajstić information content (AvgIpc) is 1.98. The number of esters is 1. The van der Waals surface area contributed by atoms with Gasteiger partial charge in [-0.3, -0.25) is 4.79 Å². The summed E-state index contributed by atoms with van der Waals surface area (Å²) in [7, 11) is 5.75. The standard InChI is InChI=1S/C11H19NO4/c1-5-6-11(15)16-9(7-10(13)14)8-12(2,3)4/h5-6,9H,7-8H2,1-4H3/p+1/b6-5+/t9-/m1/s1. The summed E-state index contributed by atoms with van der Waals surface area (Å²) >= 11 is 0. The Morgan fingerprint density at radius 3 is 2.31 bits per heavy atom. The molecule has 0 bridgehead atoms. The zero-order chi connectivity index (χ0) is 12.8. The van der Waals surface area contributed by atoms with E-state index in [0.29, 0.717) is 11.0 Å². The number of hydrogen-bond donors (Lipinski definition) is 1. The van der Waals surface area contributed by atoms with E-state index in [9.17, 15) is 9.59 Å². The summed E-state index contributed by atoms with van der Waals surface area (Å²) in [6.45, 7) is 2.17. The summed E-state index contributed by atoms with van der Waals surface area (Å²) in [5.74, 6) is -1.46. The molecule has 0 heterocycles. The second-order valence-corrected chi connectivity index (χ2v) is 4.63. The van der Waals surface area contributed by atoms with Crippen LogP contribution in [0.25, 0.3) is 0 Å². The molecular weight excluding hydrogens is 210 g/mol. The molecule has 16 heavy (non-hydrogen) atoms. The van der Waals surface area contributed by atoms with E-state index in [-0.39, 0.29) is 6.42 Å². The van der Waals surface area contributed by atoms with Gasteiger partial charge in [-0.25, -0.2) is 4.79 Å². The van der Waals surface area contributed by atoms with E-state index >= 15 is 0 Å². The largest absolute Gasteiger partial charge is 0.481 e. The highest BCUT2D eigenvalue weighted by molar-refractivity contribution is 5.82. The van der Waals surface area contributed by atoms with Crippen LogP contribution in [0.5, 0.6) is 0 Å². The van der Waals surface area contributed by atoms with Crippen LogP contribution in [0.4, 0.5) is 0 Å². The fraction of sp³-hybridized carbons (Fsp3) is 0.636. The Labute approximate surface area is 95.9 Å². The molecule has 92 valence electrons. The molecule has 0 aliphatic rings. The van der Waals surface area contributed by atoms with Crippen molar-refractivity contribution in [3.63, 3.8) is 0 Å². The van der Waals surface area contributed by atoms with E-state index in [1.54, 1.807) is 13.0 Å². The SMILES string of the molecule is C/C=C/C(=O)O[C@H](CC(=O)O)C[N+](C)(C)C. The molecule has 0 fully saturated rings. The number of carboxylic acid groups (broad SMARTS) is 1. The summed E-state index contributed by atoms with van der Waals surface area (Å²) in [4.78, 5) is 21.8. The molecule has 1 atom stereocenters. The maximum absolute atomic E-state index is 11.2. The highest BCUT2D eigenvalue weighted by Crippen LogP contribution is 2.05. The number of likely N-dealkylation sites (N-methyl/N-ethyl adjacent to an activating group) is 1. The van der Waals surface area contributed by atoms with Crippen molar-refractivity contribution in [2.75, 3.05) is 27.7 Å². The van der Waals surface area contributed by atoms with Crippen molar-refractivity contribution in [2.24, 2.45) is 0 Å². The van der Waals surface area contributed by atoms with Crippen molar-refractivity contribution in [3.8, 4) is 0 Å². The zero-order valence-corrected chi connectivity index (χ0v) is 10.3. The molecule has 0 aliphatic carbocycles. The van der Waals surface area contributed by atoms with E-state index < -0.39 is 18.0 Å². The van der Waals surface area contributed by atoms with Crippen LogP contribution in [0.2, 0.25) is 0 Å². The topological polar surface area (TPSA) is 63.6 Å². The van der Waals surface area contributed by atoms with Gasteiger partial charge in [-0.1, -0.05) is 6.08 Å². The summed E-state index contributed by atoms with van der Waals surface area (Å²) in [5.41, 5.74) is 0. The third kappa shape index (κ3) is 7.99. The first-order chi connectivity index (χ1) is 7.24. The Morgan fingerprint density at radius 2 is 1.94 bits per heavy atom. The minimum Gasteiger partial charge on any atom is -0.481 e. The summed E-state index contributed by atoms with van der Waals surface area (Å²) in [6, 6.07) is 0. The predicted molar refractivity (Wildman–Crippen MR) is 59.8 cm³/mol. The van der Waals surface area contributed by atoms with Crippen LogP contribution < -0.4 is 0 Å². The molecule has 5 nitrogen and oxygen atoms in total. The number of ether oxygens (including phenoxy) is 1. The normalized spacial score (nSPS) is 13.8. The lowest BCUT2D eigenvalue weighted by atomic mass is 10.2. The molecule has 0 aromatic rings. The van der Waals surface area contributed by atoms with Crippen molar-refractivity contribution in [3.05, 3.63) is 12.2 Å². The average molecular weight is 230 g/mol. The Hall–Kier alpha value is -1.36. The second kappa shape index (κ2) is 6.27. The molecule has 1 N–H and O–H groups in total. The molecule has 0 aromatic heterocycles. The molecule has 0 rings (SSSR count). The molecule has 0 aliphatic heterocycles. The smallest absolute Gasteiger partial charge is 0.330 e. The Balaban J connectivity index is 4.43. The quantitative estimate of drug-likeness (QED) is 0.413. The minimum absolute atomic E-state index is 0.168. The first kappa shape index (κ1) is 14.6. The highest BCUT2D eigenvalue weighted by atomic mass is 16.5. The van der Waals surface area contributed by atoms with Crippen molar-refractivity contribution >= 4 is 11.9 Å². The van der Waals surface area contributed by atoms with Crippen LogP contribution in [-0.2, 0) is 14.3 Å². The van der Waals surface area contributed by atoms with Crippen molar-refractivity contribution < 1.29 is 23.9 Å². The van der Waals surface area contributed by atoms with Crippen molar-refractivity contribution in [2.45, 2.75) is 19.4 Å². The number of aliphatic carboxylic acids is 1.